The molecule has 0 fully saturated rings. The zero-order chi connectivity index (χ0) is 34.0. The number of aromatic amines is 1. The second kappa shape index (κ2) is 15.9. The molecule has 2 aromatic heterocycles. The Balaban J connectivity index is 0.000000908. The summed E-state index contributed by atoms with van der Waals surface area (Å²) in [6.45, 7) is 8.00. The molecule has 2 N–H and O–H groups in total. The Morgan fingerprint density at radius 1 is 0.870 bits per heavy atom. The van der Waals surface area contributed by atoms with Crippen LogP contribution in [0.25, 0.3) is 55.6 Å². The van der Waals surface area contributed by atoms with E-state index in [4.69, 9.17) is 18.7 Å². The van der Waals surface area contributed by atoms with Crippen molar-refractivity contribution in [3.63, 3.8) is 0 Å². The highest BCUT2D eigenvalue weighted by Gasteiger charge is 2.24. The first-order chi connectivity index (χ1) is 22.4. The molecule has 8 nitrogen and oxygen atoms in total. The standard InChI is InChI=1S/C33H28FN3O3.C2H6.2CH2O/c1-35-33(38)31-26-17-25(29(37(2)3)18-30(26)40-32(31)19-8-11-23(34)12-9-19)20-6-5-7-21(14-20)27-15-22-10-13-24(39-4)16-28(22)36-27;3*1-2/h5-18,36H,1-4H3,(H,35,38);1-2H3;2*1H2. The number of hydrogen-bond donors (Lipinski definition) is 2. The van der Waals surface area contributed by atoms with Gasteiger partial charge in [0.15, 0.2) is 0 Å². The molecule has 0 saturated carbocycles. The molecule has 6 aromatic rings. The predicted molar refractivity (Wildman–Crippen MR) is 184 cm³/mol. The Morgan fingerprint density at radius 3 is 2.17 bits per heavy atom. The van der Waals surface area contributed by atoms with E-state index in [1.165, 1.54) is 12.1 Å². The molecule has 1 amide bonds. The number of hydrogen-bond acceptors (Lipinski definition) is 6. The number of carbonyl (C=O) groups excluding carboxylic acids is 3. The minimum Gasteiger partial charge on any atom is -0.497 e. The van der Waals surface area contributed by atoms with E-state index >= 15 is 0 Å². The highest BCUT2D eigenvalue weighted by atomic mass is 19.1. The van der Waals surface area contributed by atoms with Crippen LogP contribution in [-0.4, -0.2) is 52.7 Å². The number of benzene rings is 4. The van der Waals surface area contributed by atoms with Gasteiger partial charge in [0.2, 0.25) is 0 Å². The van der Waals surface area contributed by atoms with Crippen molar-refractivity contribution >= 4 is 47.0 Å². The van der Waals surface area contributed by atoms with Crippen LogP contribution in [0, 0.1) is 5.82 Å². The number of nitrogens with zero attached hydrogens (tertiary/aromatic N) is 1. The fourth-order valence-corrected chi connectivity index (χ4v) is 5.13. The summed E-state index contributed by atoms with van der Waals surface area (Å²) in [7, 11) is 7.20. The summed E-state index contributed by atoms with van der Waals surface area (Å²) in [5, 5.41) is 4.51. The molecule has 0 aliphatic carbocycles. The van der Waals surface area contributed by atoms with Gasteiger partial charge in [0, 0.05) is 72.1 Å². The van der Waals surface area contributed by atoms with Gasteiger partial charge in [0.05, 0.1) is 12.7 Å². The molecule has 0 spiro atoms. The van der Waals surface area contributed by atoms with Crippen molar-refractivity contribution < 1.29 is 27.9 Å². The van der Waals surface area contributed by atoms with Gasteiger partial charge in [-0.3, -0.25) is 4.79 Å². The molecular weight excluding hydrogens is 585 g/mol. The van der Waals surface area contributed by atoms with E-state index < -0.39 is 0 Å². The number of halogens is 1. The van der Waals surface area contributed by atoms with Gasteiger partial charge in [-0.1, -0.05) is 32.0 Å². The first-order valence-corrected chi connectivity index (χ1v) is 14.5. The molecule has 0 radical (unpaired) electrons. The van der Waals surface area contributed by atoms with Gasteiger partial charge in [-0.25, -0.2) is 4.39 Å². The van der Waals surface area contributed by atoms with Crippen LogP contribution < -0.4 is 15.0 Å². The molecule has 9 heteroatoms. The number of H-pyrrole nitrogens is 1. The van der Waals surface area contributed by atoms with Gasteiger partial charge < -0.3 is 33.9 Å². The number of aromatic nitrogens is 1. The Kier molecular flexibility index (Phi) is 12.0. The fourth-order valence-electron chi connectivity index (χ4n) is 5.13. The maximum atomic E-state index is 13.6. The first kappa shape index (κ1) is 34.8. The van der Waals surface area contributed by atoms with Crippen LogP contribution in [0.4, 0.5) is 10.1 Å². The maximum absolute atomic E-state index is 13.6. The van der Waals surface area contributed by atoms with Gasteiger partial charge in [-0.2, -0.15) is 0 Å². The molecule has 0 saturated heterocycles. The number of fused-ring (bicyclic) bond motifs is 2. The Hall–Kier alpha value is -5.70. The molecular formula is C37H38FN3O5. The average Bonchev–Trinajstić information content (AvgIpc) is 3.71. The second-order valence-corrected chi connectivity index (χ2v) is 9.87. The van der Waals surface area contributed by atoms with E-state index in [0.29, 0.717) is 27.9 Å². The topological polar surface area (TPSA) is 105 Å². The number of furan rings is 1. The molecule has 46 heavy (non-hydrogen) atoms. The maximum Gasteiger partial charge on any atom is 0.255 e. The number of carbonyl (C=O) groups is 3. The van der Waals surface area contributed by atoms with Crippen molar-refractivity contribution in [2.24, 2.45) is 0 Å². The van der Waals surface area contributed by atoms with Crippen LogP contribution in [0.3, 0.4) is 0 Å². The van der Waals surface area contributed by atoms with Gasteiger partial charge in [-0.05, 0) is 65.7 Å². The predicted octanol–water partition coefficient (Wildman–Crippen LogP) is 8.14. The van der Waals surface area contributed by atoms with Gasteiger partial charge >= 0.3 is 0 Å². The van der Waals surface area contributed by atoms with Crippen LogP contribution in [-0.2, 0) is 9.59 Å². The Morgan fingerprint density at radius 2 is 1.54 bits per heavy atom. The van der Waals surface area contributed by atoms with Crippen molar-refractivity contribution in [1.82, 2.24) is 10.3 Å². The summed E-state index contributed by atoms with van der Waals surface area (Å²) >= 11 is 0. The third kappa shape index (κ3) is 6.99. The van der Waals surface area contributed by atoms with Crippen molar-refractivity contribution in [2.75, 3.05) is 33.2 Å². The van der Waals surface area contributed by atoms with E-state index in [2.05, 4.69) is 34.6 Å². The molecule has 0 bridgehead atoms. The molecule has 4 aromatic carbocycles. The Labute approximate surface area is 267 Å². The smallest absolute Gasteiger partial charge is 0.255 e. The summed E-state index contributed by atoms with van der Waals surface area (Å²) in [6.07, 6.45) is 0. The number of methoxy groups -OCH3 is 1. The quantitative estimate of drug-likeness (QED) is 0.194. The summed E-state index contributed by atoms with van der Waals surface area (Å²) in [4.78, 5) is 34.6. The molecule has 6 rings (SSSR count). The van der Waals surface area contributed by atoms with Crippen LogP contribution in [0.15, 0.2) is 89.3 Å². The number of rotatable bonds is 6. The largest absolute Gasteiger partial charge is 0.497 e. The van der Waals surface area contributed by atoms with Crippen molar-refractivity contribution in [1.29, 1.82) is 0 Å². The van der Waals surface area contributed by atoms with E-state index in [9.17, 15) is 9.18 Å². The lowest BCUT2D eigenvalue weighted by atomic mass is 9.96. The SMILES string of the molecule is C=O.C=O.CC.CNC(=O)c1c(-c2ccc(F)cc2)oc2cc(N(C)C)c(-c3cccc(-c4cc5ccc(OC)cc5[nH]4)c3)cc12. The summed E-state index contributed by atoms with van der Waals surface area (Å²) in [5.41, 5.74) is 7.52. The molecule has 0 unspecified atom stereocenters. The van der Waals surface area contributed by atoms with Crippen LogP contribution in [0.1, 0.15) is 24.2 Å². The van der Waals surface area contributed by atoms with E-state index in [-0.39, 0.29) is 11.7 Å². The van der Waals surface area contributed by atoms with Gasteiger partial charge in [0.1, 0.15) is 36.5 Å². The number of ether oxygens (including phenoxy) is 1. The summed E-state index contributed by atoms with van der Waals surface area (Å²) in [5.74, 6) is 0.570. The number of amides is 1. The van der Waals surface area contributed by atoms with E-state index in [1.807, 2.05) is 82.8 Å². The third-order valence-electron chi connectivity index (χ3n) is 7.16. The minimum atomic E-state index is -0.354. The molecule has 0 aliphatic rings. The zero-order valence-corrected chi connectivity index (χ0v) is 26.9. The Bertz CT molecular complexity index is 1920. The van der Waals surface area contributed by atoms with E-state index in [0.717, 1.165) is 44.7 Å². The second-order valence-electron chi connectivity index (χ2n) is 9.87. The molecule has 2 heterocycles. The molecule has 0 atom stereocenters. The number of nitrogens with one attached hydrogen (secondary N) is 2. The molecule has 238 valence electrons. The van der Waals surface area contributed by atoms with E-state index in [1.54, 1.807) is 26.3 Å². The lowest BCUT2D eigenvalue weighted by Crippen LogP contribution is -2.18. The summed E-state index contributed by atoms with van der Waals surface area (Å²) < 4.78 is 25.3. The highest BCUT2D eigenvalue weighted by molar-refractivity contribution is 6.13. The highest BCUT2D eigenvalue weighted by Crippen LogP contribution is 2.41. The lowest BCUT2D eigenvalue weighted by molar-refractivity contribution is -0.0987. The van der Waals surface area contributed by atoms with Crippen LogP contribution in [0.2, 0.25) is 0 Å². The first-order valence-electron chi connectivity index (χ1n) is 14.5. The fraction of sp³-hybridized carbons (Fsp3) is 0.162. The average molecular weight is 624 g/mol. The van der Waals surface area contributed by atoms with Crippen molar-refractivity contribution in [2.45, 2.75) is 13.8 Å². The summed E-state index contributed by atoms with van der Waals surface area (Å²) in [6, 6.07) is 26.3. The minimum absolute atomic E-state index is 0.274. The number of anilines is 1. The van der Waals surface area contributed by atoms with Crippen LogP contribution >= 0.6 is 0 Å². The zero-order valence-electron chi connectivity index (χ0n) is 26.9. The lowest BCUT2D eigenvalue weighted by Gasteiger charge is -2.18. The monoisotopic (exact) mass is 623 g/mol. The van der Waals surface area contributed by atoms with Gasteiger partial charge in [0.25, 0.3) is 5.91 Å². The van der Waals surface area contributed by atoms with Crippen LogP contribution in [0.5, 0.6) is 5.75 Å². The molecule has 0 aliphatic heterocycles. The third-order valence-corrected chi connectivity index (χ3v) is 7.16. The van der Waals surface area contributed by atoms with Crippen molar-refractivity contribution in [3.8, 4) is 39.5 Å². The van der Waals surface area contributed by atoms with Gasteiger partial charge in [-0.15, -0.1) is 0 Å². The normalized spacial score (nSPS) is 10.1. The van der Waals surface area contributed by atoms with Crippen molar-refractivity contribution in [3.05, 3.63) is 96.3 Å².